The van der Waals surface area contributed by atoms with Gasteiger partial charge >= 0.3 is 6.18 Å². The van der Waals surface area contributed by atoms with Crippen LogP contribution in [0.5, 0.6) is 0 Å². The van der Waals surface area contributed by atoms with E-state index < -0.39 is 12.6 Å². The second-order valence-electron chi connectivity index (χ2n) is 10.5. The molecule has 1 fully saturated rings. The third-order valence-electron chi connectivity index (χ3n) is 7.60. The molecule has 0 radical (unpaired) electrons. The Bertz CT molecular complexity index is 1090. The summed E-state index contributed by atoms with van der Waals surface area (Å²) in [6.07, 6.45) is 4.23. The fraction of sp³-hybridized carbons (Fsp3) is 0.667. The predicted octanol–water partition coefficient (Wildman–Crippen LogP) is 4.45. The van der Waals surface area contributed by atoms with Crippen LogP contribution in [0.1, 0.15) is 67.1 Å². The lowest BCUT2D eigenvalue weighted by atomic mass is 9.81. The minimum absolute atomic E-state index is 0.0523. The lowest BCUT2D eigenvalue weighted by molar-refractivity contribution is -0.134. The maximum Gasteiger partial charge on any atom is 0.389 e. The molecule has 7 nitrogen and oxygen atoms in total. The first-order valence-electron chi connectivity index (χ1n) is 13.3. The second-order valence-corrected chi connectivity index (χ2v) is 10.5. The molecule has 1 aliphatic carbocycles. The number of nitrogens with zero attached hydrogens (tertiary/aromatic N) is 6. The van der Waals surface area contributed by atoms with Crippen molar-refractivity contribution in [2.75, 3.05) is 19.6 Å². The molecule has 2 aliphatic rings. The quantitative estimate of drug-likeness (QED) is 0.483. The van der Waals surface area contributed by atoms with E-state index in [-0.39, 0.29) is 18.7 Å². The van der Waals surface area contributed by atoms with E-state index in [1.807, 2.05) is 12.3 Å². The molecule has 10 heteroatoms. The maximum atomic E-state index is 12.6. The van der Waals surface area contributed by atoms with Gasteiger partial charge in [-0.1, -0.05) is 6.07 Å². The van der Waals surface area contributed by atoms with Crippen molar-refractivity contribution in [2.45, 2.75) is 77.3 Å². The molecule has 0 spiro atoms. The number of fused-ring (bicyclic) bond motifs is 1. The van der Waals surface area contributed by atoms with Crippen molar-refractivity contribution in [3.8, 4) is 0 Å². The highest BCUT2D eigenvalue weighted by atomic mass is 19.4. The Morgan fingerprint density at radius 1 is 1.14 bits per heavy atom. The smallest absolute Gasteiger partial charge is 0.303 e. The summed E-state index contributed by atoms with van der Waals surface area (Å²) in [6.45, 7) is 4.71. The van der Waals surface area contributed by atoms with Crippen LogP contribution in [0.25, 0.3) is 0 Å². The third-order valence-corrected chi connectivity index (χ3v) is 7.60. The Hall–Kier alpha value is -2.62. The Balaban J connectivity index is 1.16. The molecule has 1 saturated carbocycles. The zero-order valence-electron chi connectivity index (χ0n) is 21.8. The lowest BCUT2D eigenvalue weighted by Gasteiger charge is -2.28. The molecule has 0 atom stereocenters. The molecule has 1 aliphatic heterocycles. The van der Waals surface area contributed by atoms with Gasteiger partial charge in [-0.3, -0.25) is 14.5 Å². The molecule has 3 heterocycles. The standard InChI is InChI=1S/C27H37F3N6O/c1-19-32-25(35(2)34-19)17-26(37)31-18-21-5-3-20(4-6-21)10-14-36-15-11-22-7-8-23(9-13-27(28,29)30)33-24(22)12-16-36/h7-8,18,20-21H,3-6,9-17H2,1-2H3. The number of carbonyl (C=O) groups excluding carboxylic acids is 1. The van der Waals surface area contributed by atoms with Gasteiger partial charge in [0.2, 0.25) is 0 Å². The van der Waals surface area contributed by atoms with Gasteiger partial charge in [0.15, 0.2) is 0 Å². The number of hydrogen-bond acceptors (Lipinski definition) is 5. The fourth-order valence-electron chi connectivity index (χ4n) is 5.38. The minimum atomic E-state index is -4.15. The predicted molar refractivity (Wildman–Crippen MR) is 135 cm³/mol. The van der Waals surface area contributed by atoms with Crippen LogP contribution in [0.4, 0.5) is 13.2 Å². The molecule has 0 N–H and O–H groups in total. The number of alkyl halides is 3. The van der Waals surface area contributed by atoms with E-state index in [1.165, 1.54) is 5.56 Å². The van der Waals surface area contributed by atoms with E-state index in [9.17, 15) is 18.0 Å². The molecule has 2 aromatic heterocycles. The summed E-state index contributed by atoms with van der Waals surface area (Å²) in [5, 5.41) is 4.17. The van der Waals surface area contributed by atoms with E-state index in [1.54, 1.807) is 24.7 Å². The van der Waals surface area contributed by atoms with Crippen molar-refractivity contribution in [2.24, 2.45) is 23.9 Å². The number of halogens is 3. The first-order chi connectivity index (χ1) is 17.6. The van der Waals surface area contributed by atoms with Gasteiger partial charge in [-0.25, -0.2) is 9.98 Å². The first-order valence-corrected chi connectivity index (χ1v) is 13.3. The molecule has 0 unspecified atom stereocenters. The average molecular weight is 519 g/mol. The van der Waals surface area contributed by atoms with Gasteiger partial charge in [0.05, 0.1) is 6.42 Å². The average Bonchev–Trinajstić information content (AvgIpc) is 3.04. The van der Waals surface area contributed by atoms with Gasteiger partial charge in [-0.05, 0) is 81.9 Å². The summed E-state index contributed by atoms with van der Waals surface area (Å²) in [4.78, 5) is 27.7. The Morgan fingerprint density at radius 3 is 2.59 bits per heavy atom. The maximum absolute atomic E-state index is 12.6. The highest BCUT2D eigenvalue weighted by Gasteiger charge is 2.27. The molecule has 37 heavy (non-hydrogen) atoms. The zero-order valence-corrected chi connectivity index (χ0v) is 21.8. The number of amides is 1. The van der Waals surface area contributed by atoms with E-state index in [0.29, 0.717) is 29.2 Å². The summed E-state index contributed by atoms with van der Waals surface area (Å²) in [5.41, 5.74) is 2.67. The van der Waals surface area contributed by atoms with Crippen molar-refractivity contribution in [1.29, 1.82) is 0 Å². The molecular formula is C27H37F3N6O. The number of hydrogen-bond donors (Lipinski definition) is 0. The molecule has 0 aromatic carbocycles. The van der Waals surface area contributed by atoms with Crippen molar-refractivity contribution in [3.63, 3.8) is 0 Å². The fourth-order valence-corrected chi connectivity index (χ4v) is 5.38. The molecular weight excluding hydrogens is 481 g/mol. The van der Waals surface area contributed by atoms with Crippen LogP contribution >= 0.6 is 0 Å². The van der Waals surface area contributed by atoms with E-state index in [0.717, 1.165) is 70.3 Å². The van der Waals surface area contributed by atoms with Crippen molar-refractivity contribution in [1.82, 2.24) is 24.6 Å². The van der Waals surface area contributed by atoms with Crippen LogP contribution in [-0.4, -0.2) is 62.6 Å². The second kappa shape index (κ2) is 12.3. The van der Waals surface area contributed by atoms with Crippen molar-refractivity contribution < 1.29 is 18.0 Å². The summed E-state index contributed by atoms with van der Waals surface area (Å²) in [7, 11) is 1.79. The van der Waals surface area contributed by atoms with Crippen LogP contribution < -0.4 is 0 Å². The van der Waals surface area contributed by atoms with Gasteiger partial charge in [0.1, 0.15) is 11.6 Å². The summed E-state index contributed by atoms with van der Waals surface area (Å²) in [5.74, 6) is 2.15. The molecule has 0 bridgehead atoms. The molecule has 0 saturated heterocycles. The monoisotopic (exact) mass is 518 g/mol. The lowest BCUT2D eigenvalue weighted by Crippen LogP contribution is -2.29. The van der Waals surface area contributed by atoms with Crippen LogP contribution in [0.15, 0.2) is 17.1 Å². The van der Waals surface area contributed by atoms with E-state index >= 15 is 0 Å². The SMILES string of the molecule is Cc1nc(CC(=O)N=CC2CCC(CCN3CCc4ccc(CCC(F)(F)F)nc4CC3)CC2)n(C)n1. The van der Waals surface area contributed by atoms with E-state index in [4.69, 9.17) is 0 Å². The Labute approximate surface area is 216 Å². The first kappa shape index (κ1) is 27.4. The molecule has 202 valence electrons. The topological polar surface area (TPSA) is 76.3 Å². The van der Waals surface area contributed by atoms with Crippen LogP contribution in [0, 0.1) is 18.8 Å². The van der Waals surface area contributed by atoms with Gasteiger partial charge < -0.3 is 4.90 Å². The zero-order chi connectivity index (χ0) is 26.4. The Kier molecular flexibility index (Phi) is 9.10. The number of pyridine rings is 1. The number of aromatic nitrogens is 4. The van der Waals surface area contributed by atoms with Gasteiger partial charge in [0, 0.05) is 50.6 Å². The highest BCUT2D eigenvalue weighted by molar-refractivity contribution is 5.86. The van der Waals surface area contributed by atoms with Crippen molar-refractivity contribution in [3.05, 3.63) is 40.7 Å². The number of rotatable bonds is 8. The van der Waals surface area contributed by atoms with E-state index in [2.05, 4.69) is 25.0 Å². The minimum Gasteiger partial charge on any atom is -0.303 e. The number of carbonyl (C=O) groups is 1. The third kappa shape index (κ3) is 8.45. The normalized spacial score (nSPS) is 21.2. The summed E-state index contributed by atoms with van der Waals surface area (Å²) >= 11 is 0. The van der Waals surface area contributed by atoms with Gasteiger partial charge in [-0.15, -0.1) is 0 Å². The molecule has 4 rings (SSSR count). The van der Waals surface area contributed by atoms with Crippen LogP contribution in [0.3, 0.4) is 0 Å². The van der Waals surface area contributed by atoms with Crippen LogP contribution in [-0.2, 0) is 37.5 Å². The largest absolute Gasteiger partial charge is 0.389 e. The highest BCUT2D eigenvalue weighted by Crippen LogP contribution is 2.30. The Morgan fingerprint density at radius 2 is 1.89 bits per heavy atom. The number of aliphatic imine (C=N–C) groups is 1. The molecule has 2 aromatic rings. The molecule has 1 amide bonds. The van der Waals surface area contributed by atoms with Gasteiger partial charge in [-0.2, -0.15) is 18.3 Å². The van der Waals surface area contributed by atoms with Gasteiger partial charge in [0.25, 0.3) is 5.91 Å². The van der Waals surface area contributed by atoms with Crippen LogP contribution in [0.2, 0.25) is 0 Å². The van der Waals surface area contributed by atoms with Crippen molar-refractivity contribution >= 4 is 12.1 Å². The summed E-state index contributed by atoms with van der Waals surface area (Å²) < 4.78 is 39.3. The summed E-state index contributed by atoms with van der Waals surface area (Å²) in [6, 6.07) is 3.73. The number of aryl methyl sites for hydroxylation is 3.